The van der Waals surface area contributed by atoms with Crippen LogP contribution in [0.25, 0.3) is 10.9 Å². The highest BCUT2D eigenvalue weighted by molar-refractivity contribution is 5.95. The molecule has 1 aromatic carbocycles. The molecule has 0 atom stereocenters. The Morgan fingerprint density at radius 2 is 2.13 bits per heavy atom. The van der Waals surface area contributed by atoms with Gasteiger partial charge in [-0.15, -0.1) is 0 Å². The van der Waals surface area contributed by atoms with Crippen LogP contribution >= 0.6 is 0 Å². The maximum absolute atomic E-state index is 12.5. The number of nitrogens with zero attached hydrogens (tertiary/aromatic N) is 3. The predicted octanol–water partition coefficient (Wildman–Crippen LogP) is 1.57. The summed E-state index contributed by atoms with van der Waals surface area (Å²) in [5.41, 5.74) is 2.06. The Kier molecular flexibility index (Phi) is 3.89. The molecule has 116 valence electrons. The molecule has 0 bridgehead atoms. The van der Waals surface area contributed by atoms with Gasteiger partial charge in [-0.05, 0) is 30.7 Å². The average Bonchev–Trinajstić information content (AvgIpc) is 2.56. The van der Waals surface area contributed by atoms with E-state index < -0.39 is 5.91 Å². The number of nitrogens with one attached hydrogen (secondary N) is 1. The van der Waals surface area contributed by atoms with Crippen molar-refractivity contribution in [3.63, 3.8) is 0 Å². The zero-order valence-corrected chi connectivity index (χ0v) is 12.9. The van der Waals surface area contributed by atoms with E-state index in [4.69, 9.17) is 0 Å². The highest BCUT2D eigenvalue weighted by atomic mass is 16.2. The Labute approximate surface area is 132 Å². The molecule has 3 aromatic rings. The normalized spacial score (nSPS) is 10.7. The van der Waals surface area contributed by atoms with E-state index in [9.17, 15) is 9.59 Å². The van der Waals surface area contributed by atoms with Gasteiger partial charge in [-0.2, -0.15) is 5.10 Å². The minimum atomic E-state index is -0.488. The van der Waals surface area contributed by atoms with E-state index in [0.717, 1.165) is 11.1 Å². The zero-order valence-electron chi connectivity index (χ0n) is 12.9. The molecule has 6 nitrogen and oxygen atoms in total. The maximum Gasteiger partial charge on any atom is 0.276 e. The number of pyridine rings is 1. The van der Waals surface area contributed by atoms with Crippen LogP contribution in [0.5, 0.6) is 0 Å². The molecule has 2 aromatic heterocycles. The summed E-state index contributed by atoms with van der Waals surface area (Å²) in [7, 11) is 1.72. The second-order valence-electron chi connectivity index (χ2n) is 5.37. The SMILES string of the molecule is Cc1ccc2c(c1)c(=O)c(C(=O)NCc1cccnc1)nn2C. The van der Waals surface area contributed by atoms with Crippen LogP contribution in [0.4, 0.5) is 0 Å². The van der Waals surface area contributed by atoms with Crippen LogP contribution in [-0.4, -0.2) is 20.7 Å². The lowest BCUT2D eigenvalue weighted by Gasteiger charge is -2.09. The molecule has 0 fully saturated rings. The van der Waals surface area contributed by atoms with E-state index in [1.54, 1.807) is 36.3 Å². The minimum absolute atomic E-state index is 0.102. The quantitative estimate of drug-likeness (QED) is 0.796. The van der Waals surface area contributed by atoms with Gasteiger partial charge in [0.25, 0.3) is 5.91 Å². The van der Waals surface area contributed by atoms with Crippen LogP contribution in [0.2, 0.25) is 0 Å². The fourth-order valence-corrected chi connectivity index (χ4v) is 2.41. The first kappa shape index (κ1) is 14.9. The van der Waals surface area contributed by atoms with Gasteiger partial charge in [-0.3, -0.25) is 19.3 Å². The van der Waals surface area contributed by atoms with Gasteiger partial charge in [0, 0.05) is 26.0 Å². The molecule has 0 unspecified atom stereocenters. The zero-order chi connectivity index (χ0) is 16.4. The molecule has 1 N–H and O–H groups in total. The number of amides is 1. The van der Waals surface area contributed by atoms with Crippen molar-refractivity contribution in [2.75, 3.05) is 0 Å². The topological polar surface area (TPSA) is 76.9 Å². The molecule has 0 saturated carbocycles. The molecule has 0 aliphatic carbocycles. The summed E-state index contributed by atoms with van der Waals surface area (Å²) in [6.45, 7) is 2.20. The summed E-state index contributed by atoms with van der Waals surface area (Å²) in [6, 6.07) is 9.15. The number of aromatic nitrogens is 3. The van der Waals surface area contributed by atoms with Crippen LogP contribution in [0.15, 0.2) is 47.5 Å². The van der Waals surface area contributed by atoms with Crippen molar-refractivity contribution in [1.82, 2.24) is 20.1 Å². The largest absolute Gasteiger partial charge is 0.346 e. The van der Waals surface area contributed by atoms with Gasteiger partial charge in [0.1, 0.15) is 0 Å². The summed E-state index contributed by atoms with van der Waals surface area (Å²) < 4.78 is 1.55. The second kappa shape index (κ2) is 6.00. The van der Waals surface area contributed by atoms with Gasteiger partial charge in [0.15, 0.2) is 5.69 Å². The summed E-state index contributed by atoms with van der Waals surface area (Å²) in [5, 5.41) is 7.32. The van der Waals surface area contributed by atoms with E-state index >= 15 is 0 Å². The Bertz CT molecular complexity index is 932. The molecule has 3 rings (SSSR count). The minimum Gasteiger partial charge on any atom is -0.346 e. The number of benzene rings is 1. The number of fused-ring (bicyclic) bond motifs is 1. The van der Waals surface area contributed by atoms with Crippen molar-refractivity contribution >= 4 is 16.8 Å². The van der Waals surface area contributed by atoms with Crippen molar-refractivity contribution in [2.45, 2.75) is 13.5 Å². The third-order valence-corrected chi connectivity index (χ3v) is 3.60. The second-order valence-corrected chi connectivity index (χ2v) is 5.37. The van der Waals surface area contributed by atoms with Gasteiger partial charge in [-0.25, -0.2) is 0 Å². The number of rotatable bonds is 3. The summed E-state index contributed by atoms with van der Waals surface area (Å²) in [4.78, 5) is 28.8. The van der Waals surface area contributed by atoms with Crippen molar-refractivity contribution in [1.29, 1.82) is 0 Å². The Morgan fingerprint density at radius 3 is 2.87 bits per heavy atom. The molecule has 23 heavy (non-hydrogen) atoms. The van der Waals surface area contributed by atoms with Gasteiger partial charge < -0.3 is 5.32 Å². The highest BCUT2D eigenvalue weighted by Gasteiger charge is 2.16. The molecular formula is C17H16N4O2. The fraction of sp³-hybridized carbons (Fsp3) is 0.176. The number of hydrogen-bond acceptors (Lipinski definition) is 4. The Hall–Kier alpha value is -3.02. The van der Waals surface area contributed by atoms with E-state index in [1.165, 1.54) is 0 Å². The molecule has 0 aliphatic rings. The van der Waals surface area contributed by atoms with Crippen LogP contribution < -0.4 is 10.7 Å². The lowest BCUT2D eigenvalue weighted by molar-refractivity contribution is 0.0943. The first-order valence-corrected chi connectivity index (χ1v) is 7.21. The van der Waals surface area contributed by atoms with Gasteiger partial charge in [0.2, 0.25) is 5.43 Å². The van der Waals surface area contributed by atoms with Crippen LogP contribution in [0, 0.1) is 6.92 Å². The van der Waals surface area contributed by atoms with Crippen molar-refractivity contribution in [3.05, 3.63) is 69.8 Å². The molecule has 0 spiro atoms. The first-order chi connectivity index (χ1) is 11.1. The molecule has 1 amide bonds. The van der Waals surface area contributed by atoms with Gasteiger partial charge in [-0.1, -0.05) is 17.7 Å². The van der Waals surface area contributed by atoms with E-state index in [0.29, 0.717) is 17.4 Å². The average molecular weight is 308 g/mol. The van der Waals surface area contributed by atoms with Gasteiger partial charge in [0.05, 0.1) is 10.9 Å². The van der Waals surface area contributed by atoms with Crippen LogP contribution in [0.1, 0.15) is 21.6 Å². The molecule has 2 heterocycles. The van der Waals surface area contributed by atoms with Crippen molar-refractivity contribution in [2.24, 2.45) is 7.05 Å². The number of carbonyl (C=O) groups is 1. The highest BCUT2D eigenvalue weighted by Crippen LogP contribution is 2.11. The predicted molar refractivity (Wildman–Crippen MR) is 87.1 cm³/mol. The lowest BCUT2D eigenvalue weighted by atomic mass is 10.1. The summed E-state index contributed by atoms with van der Waals surface area (Å²) in [5.74, 6) is -0.488. The van der Waals surface area contributed by atoms with Crippen molar-refractivity contribution < 1.29 is 4.79 Å². The van der Waals surface area contributed by atoms with E-state index in [-0.39, 0.29) is 11.1 Å². The molecular weight excluding hydrogens is 292 g/mol. The van der Waals surface area contributed by atoms with E-state index in [1.807, 2.05) is 25.1 Å². The summed E-state index contributed by atoms with van der Waals surface area (Å²) in [6.07, 6.45) is 3.32. The summed E-state index contributed by atoms with van der Waals surface area (Å²) >= 11 is 0. The Balaban J connectivity index is 1.94. The molecule has 0 saturated heterocycles. The third kappa shape index (κ3) is 2.96. The lowest BCUT2D eigenvalue weighted by Crippen LogP contribution is -2.31. The maximum atomic E-state index is 12.5. The Morgan fingerprint density at radius 1 is 1.30 bits per heavy atom. The van der Waals surface area contributed by atoms with Crippen LogP contribution in [-0.2, 0) is 13.6 Å². The number of carbonyl (C=O) groups excluding carboxylic acids is 1. The molecule has 6 heteroatoms. The molecule has 0 radical (unpaired) electrons. The van der Waals surface area contributed by atoms with E-state index in [2.05, 4.69) is 15.4 Å². The number of hydrogen-bond donors (Lipinski definition) is 1. The van der Waals surface area contributed by atoms with Gasteiger partial charge >= 0.3 is 0 Å². The number of aryl methyl sites for hydroxylation is 2. The fourth-order valence-electron chi connectivity index (χ4n) is 2.41. The standard InChI is InChI=1S/C17H16N4O2/c1-11-5-6-14-13(8-11)16(22)15(20-21(14)2)17(23)19-10-12-4-3-7-18-9-12/h3-9H,10H2,1-2H3,(H,19,23). The smallest absolute Gasteiger partial charge is 0.276 e. The first-order valence-electron chi connectivity index (χ1n) is 7.21. The van der Waals surface area contributed by atoms with Crippen molar-refractivity contribution in [3.8, 4) is 0 Å². The monoisotopic (exact) mass is 308 g/mol. The molecule has 0 aliphatic heterocycles. The third-order valence-electron chi connectivity index (χ3n) is 3.60. The van der Waals surface area contributed by atoms with Crippen LogP contribution in [0.3, 0.4) is 0 Å².